The van der Waals surface area contributed by atoms with Gasteiger partial charge in [-0.05, 0) is 30.7 Å². The molecule has 8 nitrogen and oxygen atoms in total. The predicted octanol–water partition coefficient (Wildman–Crippen LogP) is 1.55. The molecule has 1 fully saturated rings. The molecule has 1 atom stereocenters. The van der Waals surface area contributed by atoms with Crippen molar-refractivity contribution in [2.24, 2.45) is 0 Å². The van der Waals surface area contributed by atoms with Crippen LogP contribution in [-0.4, -0.2) is 56.3 Å². The molecule has 1 saturated heterocycles. The molecule has 142 valence electrons. The fraction of sp³-hybridized carbons (Fsp3) is 0.500. The molecule has 0 saturated carbocycles. The largest absolute Gasteiger partial charge is 0.382 e. The Morgan fingerprint density at radius 3 is 2.81 bits per heavy atom. The average Bonchev–Trinajstić information content (AvgIpc) is 3.28. The molecule has 26 heavy (non-hydrogen) atoms. The van der Waals surface area contributed by atoms with Crippen molar-refractivity contribution in [3.63, 3.8) is 0 Å². The summed E-state index contributed by atoms with van der Waals surface area (Å²) >= 11 is 0. The second-order valence-corrected chi connectivity index (χ2v) is 7.83. The number of benzene rings is 1. The third-order valence-electron chi connectivity index (χ3n) is 4.11. The minimum atomic E-state index is -3.67. The van der Waals surface area contributed by atoms with E-state index >= 15 is 0 Å². The molecule has 2 heterocycles. The van der Waals surface area contributed by atoms with E-state index in [-0.39, 0.29) is 24.0 Å². The van der Waals surface area contributed by atoms with Crippen molar-refractivity contribution in [3.8, 4) is 0 Å². The fourth-order valence-electron chi connectivity index (χ4n) is 2.71. The van der Waals surface area contributed by atoms with Crippen molar-refractivity contribution >= 4 is 10.0 Å². The van der Waals surface area contributed by atoms with Crippen molar-refractivity contribution in [1.29, 1.82) is 0 Å². The van der Waals surface area contributed by atoms with Gasteiger partial charge in [0.15, 0.2) is 5.82 Å². The van der Waals surface area contributed by atoms with Gasteiger partial charge in [-0.15, -0.1) is 0 Å². The highest BCUT2D eigenvalue weighted by atomic mass is 32.2. The molecule has 1 unspecified atom stereocenters. The van der Waals surface area contributed by atoms with Gasteiger partial charge in [-0.25, -0.2) is 12.8 Å². The monoisotopic (exact) mass is 385 g/mol. The van der Waals surface area contributed by atoms with Gasteiger partial charge in [0.1, 0.15) is 12.4 Å². The molecule has 0 bridgehead atoms. The van der Waals surface area contributed by atoms with Crippen LogP contribution in [-0.2, 0) is 26.1 Å². The summed E-state index contributed by atoms with van der Waals surface area (Å²) in [6, 6.07) is 4.80. The van der Waals surface area contributed by atoms with Gasteiger partial charge < -0.3 is 14.0 Å². The molecule has 1 aliphatic heterocycles. The number of aromatic nitrogens is 2. The first-order valence-corrected chi connectivity index (χ1v) is 9.59. The fourth-order valence-corrected chi connectivity index (χ4v) is 4.21. The third-order valence-corrected chi connectivity index (χ3v) is 5.99. The van der Waals surface area contributed by atoms with E-state index in [1.54, 1.807) is 7.11 Å². The summed E-state index contributed by atoms with van der Waals surface area (Å²) in [5, 5.41) is 3.93. The molecule has 10 heteroatoms. The number of sulfonamides is 1. The maximum atomic E-state index is 13.0. The van der Waals surface area contributed by atoms with Crippen LogP contribution in [0.4, 0.5) is 4.39 Å². The van der Waals surface area contributed by atoms with Crippen molar-refractivity contribution in [2.45, 2.75) is 23.8 Å². The molecule has 1 aromatic carbocycles. The molecule has 0 spiro atoms. The Hall–Kier alpha value is -1.88. The second-order valence-electron chi connectivity index (χ2n) is 5.89. The van der Waals surface area contributed by atoms with Crippen molar-refractivity contribution in [2.75, 3.05) is 33.4 Å². The Labute approximate surface area is 151 Å². The standard InChI is InChI=1S/C16H20FN3O5S/c1-23-8-9-24-11-15-18-16(19-25-15)12-6-7-20(10-12)26(21,22)14-4-2-13(17)3-5-14/h2-5,12H,6-11H2,1H3. The van der Waals surface area contributed by atoms with Gasteiger partial charge in [-0.3, -0.25) is 0 Å². The van der Waals surface area contributed by atoms with Crippen molar-refractivity contribution in [3.05, 3.63) is 41.8 Å². The summed E-state index contributed by atoms with van der Waals surface area (Å²) in [5.74, 6) is 0.181. The Morgan fingerprint density at radius 1 is 1.31 bits per heavy atom. The molecule has 2 aromatic rings. The molecule has 0 N–H and O–H groups in total. The van der Waals surface area contributed by atoms with E-state index < -0.39 is 15.8 Å². The van der Waals surface area contributed by atoms with Crippen LogP contribution in [0, 0.1) is 5.82 Å². The zero-order valence-electron chi connectivity index (χ0n) is 14.3. The van der Waals surface area contributed by atoms with Gasteiger partial charge >= 0.3 is 0 Å². The lowest BCUT2D eigenvalue weighted by Crippen LogP contribution is -2.28. The SMILES string of the molecule is COCCOCc1nc(C2CCN(S(=O)(=O)c3ccc(F)cc3)C2)no1. The van der Waals surface area contributed by atoms with Crippen LogP contribution in [0.5, 0.6) is 0 Å². The molecular formula is C16H20FN3O5S. The summed E-state index contributed by atoms with van der Waals surface area (Å²) in [6.45, 7) is 1.67. The van der Waals surface area contributed by atoms with E-state index in [9.17, 15) is 12.8 Å². The number of methoxy groups -OCH3 is 1. The smallest absolute Gasteiger partial charge is 0.252 e. The quantitative estimate of drug-likeness (QED) is 0.636. The summed E-state index contributed by atoms with van der Waals surface area (Å²) in [7, 11) is -2.08. The van der Waals surface area contributed by atoms with Crippen LogP contribution < -0.4 is 0 Å². The first kappa shape index (κ1) is 18.9. The molecule has 1 aromatic heterocycles. The second kappa shape index (κ2) is 8.21. The van der Waals surface area contributed by atoms with E-state index in [1.807, 2.05) is 0 Å². The first-order chi connectivity index (χ1) is 12.5. The van der Waals surface area contributed by atoms with Gasteiger partial charge in [-0.2, -0.15) is 9.29 Å². The van der Waals surface area contributed by atoms with Crippen LogP contribution in [0.2, 0.25) is 0 Å². The van der Waals surface area contributed by atoms with Gasteiger partial charge in [-0.1, -0.05) is 5.16 Å². The normalized spacial score (nSPS) is 18.5. The molecule has 0 amide bonds. The van der Waals surface area contributed by atoms with Crippen LogP contribution in [0.1, 0.15) is 24.1 Å². The van der Waals surface area contributed by atoms with Crippen LogP contribution >= 0.6 is 0 Å². The lowest BCUT2D eigenvalue weighted by molar-refractivity contribution is 0.0494. The summed E-state index contributed by atoms with van der Waals surface area (Å²) < 4.78 is 55.0. The van der Waals surface area contributed by atoms with Crippen molar-refractivity contribution < 1.29 is 26.8 Å². The Morgan fingerprint density at radius 2 is 2.08 bits per heavy atom. The van der Waals surface area contributed by atoms with E-state index in [4.69, 9.17) is 14.0 Å². The van der Waals surface area contributed by atoms with E-state index in [1.165, 1.54) is 16.4 Å². The molecule has 0 aliphatic carbocycles. The zero-order chi connectivity index (χ0) is 18.6. The summed E-state index contributed by atoms with van der Waals surface area (Å²) in [4.78, 5) is 4.35. The molecule has 3 rings (SSSR count). The minimum Gasteiger partial charge on any atom is -0.382 e. The van der Waals surface area contributed by atoms with Gasteiger partial charge in [0.25, 0.3) is 5.89 Å². The highest BCUT2D eigenvalue weighted by Gasteiger charge is 2.35. The highest BCUT2D eigenvalue weighted by molar-refractivity contribution is 7.89. The Bertz CT molecular complexity index is 825. The van der Waals surface area contributed by atoms with Crippen LogP contribution in [0.15, 0.2) is 33.7 Å². The van der Waals surface area contributed by atoms with Crippen molar-refractivity contribution in [1.82, 2.24) is 14.4 Å². The van der Waals surface area contributed by atoms with Crippen LogP contribution in [0.25, 0.3) is 0 Å². The minimum absolute atomic E-state index is 0.0693. The first-order valence-electron chi connectivity index (χ1n) is 8.15. The zero-order valence-corrected chi connectivity index (χ0v) is 15.1. The topological polar surface area (TPSA) is 94.8 Å². The number of ether oxygens (including phenoxy) is 2. The number of hydrogen-bond donors (Lipinski definition) is 0. The predicted molar refractivity (Wildman–Crippen MR) is 88.3 cm³/mol. The molecular weight excluding hydrogens is 365 g/mol. The Balaban J connectivity index is 1.61. The Kier molecular flexibility index (Phi) is 5.97. The maximum Gasteiger partial charge on any atom is 0.252 e. The lowest BCUT2D eigenvalue weighted by atomic mass is 10.1. The lowest BCUT2D eigenvalue weighted by Gasteiger charge is -2.15. The van der Waals surface area contributed by atoms with Gasteiger partial charge in [0.2, 0.25) is 10.0 Å². The van der Waals surface area contributed by atoms with Gasteiger partial charge in [0.05, 0.1) is 18.1 Å². The van der Waals surface area contributed by atoms with Gasteiger partial charge in [0, 0.05) is 26.1 Å². The van der Waals surface area contributed by atoms with E-state index in [0.29, 0.717) is 37.9 Å². The maximum absolute atomic E-state index is 13.0. The number of hydrogen-bond acceptors (Lipinski definition) is 7. The number of rotatable bonds is 8. The summed E-state index contributed by atoms with van der Waals surface area (Å²) in [5.41, 5.74) is 0. The van der Waals surface area contributed by atoms with E-state index in [2.05, 4.69) is 10.1 Å². The third kappa shape index (κ3) is 4.26. The number of nitrogens with zero attached hydrogens (tertiary/aromatic N) is 3. The highest BCUT2D eigenvalue weighted by Crippen LogP contribution is 2.29. The van der Waals surface area contributed by atoms with E-state index in [0.717, 1.165) is 12.1 Å². The molecule has 1 aliphatic rings. The molecule has 0 radical (unpaired) electrons. The summed E-state index contributed by atoms with van der Waals surface area (Å²) in [6.07, 6.45) is 0.587. The average molecular weight is 385 g/mol. The number of halogens is 1. The van der Waals surface area contributed by atoms with Crippen LogP contribution in [0.3, 0.4) is 0 Å².